The van der Waals surface area contributed by atoms with Gasteiger partial charge in [-0.3, -0.25) is 19.2 Å². The van der Waals surface area contributed by atoms with E-state index < -0.39 is 23.6 Å². The van der Waals surface area contributed by atoms with Crippen LogP contribution in [0.1, 0.15) is 11.1 Å². The van der Waals surface area contributed by atoms with Crippen molar-refractivity contribution in [1.82, 2.24) is 21.3 Å². The number of nitrogens with one attached hydrogen (secondary N) is 4. The van der Waals surface area contributed by atoms with Crippen LogP contribution in [-0.4, -0.2) is 150 Å². The minimum absolute atomic E-state index is 0.0547. The lowest BCUT2D eigenvalue weighted by Gasteiger charge is -2.13. The molecule has 16 heteroatoms. The zero-order valence-electron chi connectivity index (χ0n) is 25.8. The molecule has 16 nitrogen and oxygen atoms in total. The van der Waals surface area contributed by atoms with Crippen molar-refractivity contribution in [2.75, 3.05) is 105 Å². The summed E-state index contributed by atoms with van der Waals surface area (Å²) in [6.07, 6.45) is 2.64. The van der Waals surface area contributed by atoms with E-state index in [2.05, 4.69) is 21.3 Å². The van der Waals surface area contributed by atoms with Crippen molar-refractivity contribution in [2.24, 2.45) is 0 Å². The molecule has 0 saturated heterocycles. The number of rotatable bonds is 26. The zero-order chi connectivity index (χ0) is 33.8. The first-order valence-corrected chi connectivity index (χ1v) is 14.8. The van der Waals surface area contributed by atoms with Crippen LogP contribution in [0.25, 0.3) is 12.2 Å². The van der Waals surface area contributed by atoms with Crippen LogP contribution in [0.2, 0.25) is 0 Å². The fourth-order valence-electron chi connectivity index (χ4n) is 3.55. The maximum Gasteiger partial charge on any atom is 0.256 e. The van der Waals surface area contributed by atoms with Crippen LogP contribution >= 0.6 is 0 Å². The first-order chi connectivity index (χ1) is 22.4. The topological polar surface area (TPSA) is 234 Å². The number of hydrogen-bond acceptors (Lipinski definition) is 12. The summed E-state index contributed by atoms with van der Waals surface area (Å²) in [7, 11) is 0. The van der Waals surface area contributed by atoms with E-state index in [0.717, 1.165) is 0 Å². The smallest absolute Gasteiger partial charge is 0.256 e. The van der Waals surface area contributed by atoms with Crippen LogP contribution in [0, 0.1) is 0 Å². The van der Waals surface area contributed by atoms with Gasteiger partial charge in [-0.05, 0) is 23.3 Å². The molecule has 0 fully saturated rings. The highest BCUT2D eigenvalue weighted by Crippen LogP contribution is 2.18. The quantitative estimate of drug-likeness (QED) is 0.0216. The van der Waals surface area contributed by atoms with E-state index in [1.807, 2.05) is 0 Å². The lowest BCUT2D eigenvalue weighted by atomic mass is 10.0. The Balaban J connectivity index is 3.35. The van der Waals surface area contributed by atoms with E-state index in [0.29, 0.717) is 11.1 Å². The van der Waals surface area contributed by atoms with Gasteiger partial charge in [0.25, 0.3) is 23.6 Å². The van der Waals surface area contributed by atoms with E-state index in [-0.39, 0.29) is 117 Å². The molecule has 46 heavy (non-hydrogen) atoms. The van der Waals surface area contributed by atoms with Gasteiger partial charge in [-0.2, -0.15) is 0 Å². The van der Waals surface area contributed by atoms with Crippen molar-refractivity contribution in [3.63, 3.8) is 0 Å². The standard InChI is InChI=1S/C30H46N4O12/c35-9-17-43-13-5-31-27(39)25(28(40)32-6-14-44-18-10-36)21-23-3-1-2-4-24(23)22-26(29(41)33-7-15-45-19-11-37)30(42)34-8-16-46-20-12-38/h1-4,21-22,35-38H,5-20H2,(H,31,39)(H,32,40)(H,33,41)(H,34,42). The summed E-state index contributed by atoms with van der Waals surface area (Å²) in [5.74, 6) is -2.88. The van der Waals surface area contributed by atoms with E-state index >= 15 is 0 Å². The predicted molar refractivity (Wildman–Crippen MR) is 166 cm³/mol. The van der Waals surface area contributed by atoms with Gasteiger partial charge in [-0.15, -0.1) is 0 Å². The molecular weight excluding hydrogens is 608 g/mol. The highest BCUT2D eigenvalue weighted by molar-refractivity contribution is 6.23. The first-order valence-electron chi connectivity index (χ1n) is 14.8. The second-order valence-electron chi connectivity index (χ2n) is 9.11. The van der Waals surface area contributed by atoms with Gasteiger partial charge in [0.2, 0.25) is 0 Å². The lowest BCUT2D eigenvalue weighted by Crippen LogP contribution is -2.37. The summed E-state index contributed by atoms with van der Waals surface area (Å²) in [4.78, 5) is 52.3. The van der Waals surface area contributed by atoms with Crippen molar-refractivity contribution < 1.29 is 58.6 Å². The van der Waals surface area contributed by atoms with Gasteiger partial charge in [0.15, 0.2) is 0 Å². The Labute approximate surface area is 267 Å². The lowest BCUT2D eigenvalue weighted by molar-refractivity contribution is -0.125. The van der Waals surface area contributed by atoms with E-state index in [4.69, 9.17) is 39.4 Å². The molecule has 0 spiro atoms. The molecule has 1 aromatic carbocycles. The molecule has 1 aromatic rings. The van der Waals surface area contributed by atoms with Gasteiger partial charge in [-0.25, -0.2) is 0 Å². The van der Waals surface area contributed by atoms with Gasteiger partial charge in [-0.1, -0.05) is 24.3 Å². The Morgan fingerprint density at radius 2 is 0.739 bits per heavy atom. The number of ether oxygens (including phenoxy) is 4. The normalized spacial score (nSPS) is 10.5. The van der Waals surface area contributed by atoms with Gasteiger partial charge < -0.3 is 60.6 Å². The summed E-state index contributed by atoms with van der Waals surface area (Å²) in [5.41, 5.74) is 0.128. The fourth-order valence-corrected chi connectivity index (χ4v) is 3.55. The summed E-state index contributed by atoms with van der Waals surface area (Å²) in [5, 5.41) is 45.8. The van der Waals surface area contributed by atoms with E-state index in [9.17, 15) is 19.2 Å². The number of benzene rings is 1. The summed E-state index contributed by atoms with van der Waals surface area (Å²) in [6, 6.07) is 6.50. The molecule has 258 valence electrons. The van der Waals surface area contributed by atoms with Crippen LogP contribution in [0.4, 0.5) is 0 Å². The number of amides is 4. The third kappa shape index (κ3) is 17.7. The molecule has 0 unspecified atom stereocenters. The van der Waals surface area contributed by atoms with Crippen molar-refractivity contribution in [3.8, 4) is 0 Å². The number of carbonyl (C=O) groups is 4. The van der Waals surface area contributed by atoms with E-state index in [1.54, 1.807) is 24.3 Å². The molecule has 0 aliphatic carbocycles. The summed E-state index contributed by atoms with van der Waals surface area (Å²) in [6.45, 7) is 0.210. The number of carbonyl (C=O) groups excluding carboxylic acids is 4. The van der Waals surface area contributed by atoms with Gasteiger partial charge in [0.05, 0.1) is 79.3 Å². The highest BCUT2D eigenvalue weighted by Gasteiger charge is 2.21. The van der Waals surface area contributed by atoms with Crippen molar-refractivity contribution >= 4 is 35.8 Å². The third-order valence-corrected chi connectivity index (χ3v) is 5.64. The Morgan fingerprint density at radius 3 is 0.978 bits per heavy atom. The highest BCUT2D eigenvalue weighted by atomic mass is 16.5. The van der Waals surface area contributed by atoms with Crippen LogP contribution < -0.4 is 21.3 Å². The van der Waals surface area contributed by atoms with Crippen LogP contribution in [0.3, 0.4) is 0 Å². The maximum atomic E-state index is 13.1. The summed E-state index contributed by atoms with van der Waals surface area (Å²) < 4.78 is 20.6. The molecule has 0 aromatic heterocycles. The monoisotopic (exact) mass is 654 g/mol. The molecule has 1 rings (SSSR count). The third-order valence-electron chi connectivity index (χ3n) is 5.64. The van der Waals surface area contributed by atoms with Crippen LogP contribution in [0.15, 0.2) is 35.4 Å². The Hall–Kier alpha value is -3.74. The second kappa shape index (κ2) is 26.5. The number of aliphatic hydroxyl groups is 4. The second-order valence-corrected chi connectivity index (χ2v) is 9.11. The van der Waals surface area contributed by atoms with Crippen LogP contribution in [-0.2, 0) is 38.1 Å². The summed E-state index contributed by atoms with van der Waals surface area (Å²) >= 11 is 0. The largest absolute Gasteiger partial charge is 0.394 e. The maximum absolute atomic E-state index is 13.1. The minimum atomic E-state index is -0.721. The minimum Gasteiger partial charge on any atom is -0.394 e. The number of aliphatic hydroxyl groups excluding tert-OH is 4. The molecule has 4 amide bonds. The Morgan fingerprint density at radius 1 is 0.478 bits per heavy atom. The average molecular weight is 655 g/mol. The molecular formula is C30H46N4O12. The number of hydrogen-bond donors (Lipinski definition) is 8. The first kappa shape index (κ1) is 40.3. The van der Waals surface area contributed by atoms with E-state index in [1.165, 1.54) is 12.2 Å². The van der Waals surface area contributed by atoms with Gasteiger partial charge in [0, 0.05) is 26.2 Å². The molecule has 8 N–H and O–H groups in total. The van der Waals surface area contributed by atoms with Crippen molar-refractivity contribution in [2.45, 2.75) is 0 Å². The molecule has 0 atom stereocenters. The van der Waals surface area contributed by atoms with Crippen molar-refractivity contribution in [1.29, 1.82) is 0 Å². The molecule has 0 bridgehead atoms. The zero-order valence-corrected chi connectivity index (χ0v) is 25.8. The molecule has 0 aliphatic heterocycles. The fraction of sp³-hybridized carbons (Fsp3) is 0.533. The van der Waals surface area contributed by atoms with Gasteiger partial charge >= 0.3 is 0 Å². The van der Waals surface area contributed by atoms with Crippen LogP contribution in [0.5, 0.6) is 0 Å². The molecule has 0 radical (unpaired) electrons. The Kier molecular flexibility index (Phi) is 23.2. The molecule has 0 heterocycles. The average Bonchev–Trinajstić information content (AvgIpc) is 3.05. The Bertz CT molecular complexity index is 972. The SMILES string of the molecule is O=C(NCCOCCO)C(=Cc1ccccc1C=C(C(=O)NCCOCCO)C(=O)NCCOCCO)C(=O)NCCOCCO. The van der Waals surface area contributed by atoms with Gasteiger partial charge in [0.1, 0.15) is 11.1 Å². The molecule has 0 aliphatic rings. The molecule has 0 saturated carbocycles. The van der Waals surface area contributed by atoms with Crippen molar-refractivity contribution in [3.05, 3.63) is 46.5 Å². The predicted octanol–water partition coefficient (Wildman–Crippen LogP) is -3.05.